The number of carbonyl (C=O) groups excluding carboxylic acids is 2. The summed E-state index contributed by atoms with van der Waals surface area (Å²) in [5.74, 6) is 0.376. The van der Waals surface area contributed by atoms with E-state index in [4.69, 9.17) is 0 Å². The van der Waals surface area contributed by atoms with Gasteiger partial charge in [-0.1, -0.05) is 76.2 Å². The Hall–Kier alpha value is -2.96. The summed E-state index contributed by atoms with van der Waals surface area (Å²) in [4.78, 5) is 26.1. The van der Waals surface area contributed by atoms with Crippen LogP contribution >= 0.6 is 0 Å². The molecule has 36 heavy (non-hydrogen) atoms. The Morgan fingerprint density at radius 2 is 0.944 bits per heavy atom. The molecule has 2 atom stereocenters. The van der Waals surface area contributed by atoms with Gasteiger partial charge < -0.3 is 21.3 Å². The standard InChI is InChI=1S/C30H40N4O2/c1-19(2)27-29(35)31-15-9-10-16-32-30(36)28(20(3)4)34-18-26-23-13-7-5-11-21(23)25(17-33-27)22-12-6-8-14-24(22)26/h5-8,11-14,19-20,27-28,33-34H,9-10,15-18H2,1-4H3,(H,31,35)(H,32,36)/t27-,28-/m0/s1. The average molecular weight is 489 g/mol. The summed E-state index contributed by atoms with van der Waals surface area (Å²) in [6.07, 6.45) is 1.65. The fourth-order valence-corrected chi connectivity index (χ4v) is 5.27. The van der Waals surface area contributed by atoms with Crippen molar-refractivity contribution in [1.29, 1.82) is 0 Å². The Kier molecular flexibility index (Phi) is 8.60. The number of amides is 2. The van der Waals surface area contributed by atoms with Gasteiger partial charge >= 0.3 is 0 Å². The van der Waals surface area contributed by atoms with Gasteiger partial charge in [0.25, 0.3) is 0 Å². The molecular formula is C30H40N4O2. The van der Waals surface area contributed by atoms with Crippen molar-refractivity contribution in [3.8, 4) is 0 Å². The SMILES string of the molecule is CC(C)[C@@H]1NCc2c3ccccc3c(c3ccccc23)CN[C@@H](C(C)C)C(=O)NCCCCNC1=O. The lowest BCUT2D eigenvalue weighted by molar-refractivity contribution is -0.125. The number of rotatable bonds is 2. The highest BCUT2D eigenvalue weighted by Gasteiger charge is 2.25. The molecule has 0 aliphatic carbocycles. The molecule has 1 aliphatic heterocycles. The van der Waals surface area contributed by atoms with Gasteiger partial charge in [0.15, 0.2) is 0 Å². The molecule has 4 rings (SSSR count). The Morgan fingerprint density at radius 3 is 1.25 bits per heavy atom. The van der Waals surface area contributed by atoms with Crippen molar-refractivity contribution in [2.45, 2.75) is 65.7 Å². The van der Waals surface area contributed by atoms with Crippen LogP contribution in [-0.2, 0) is 22.7 Å². The van der Waals surface area contributed by atoms with E-state index in [-0.39, 0.29) is 35.7 Å². The van der Waals surface area contributed by atoms with E-state index >= 15 is 0 Å². The molecular weight excluding hydrogens is 448 g/mol. The first-order valence-electron chi connectivity index (χ1n) is 13.3. The highest BCUT2D eigenvalue weighted by Crippen LogP contribution is 2.33. The van der Waals surface area contributed by atoms with E-state index in [9.17, 15) is 9.59 Å². The van der Waals surface area contributed by atoms with Gasteiger partial charge in [0, 0.05) is 26.2 Å². The zero-order valence-corrected chi connectivity index (χ0v) is 22.0. The van der Waals surface area contributed by atoms with E-state index in [0.717, 1.165) is 12.8 Å². The third kappa shape index (κ3) is 5.71. The Balaban J connectivity index is 1.82. The molecule has 4 N–H and O–H groups in total. The zero-order valence-electron chi connectivity index (χ0n) is 22.0. The Labute approximate surface area is 214 Å². The lowest BCUT2D eigenvalue weighted by atomic mass is 9.90. The molecule has 3 aromatic rings. The van der Waals surface area contributed by atoms with Gasteiger partial charge in [-0.25, -0.2) is 0 Å². The van der Waals surface area contributed by atoms with Crippen LogP contribution < -0.4 is 21.3 Å². The number of hydrogen-bond donors (Lipinski definition) is 4. The number of hydrogen-bond acceptors (Lipinski definition) is 4. The van der Waals surface area contributed by atoms with E-state index in [0.29, 0.717) is 26.2 Å². The first-order chi connectivity index (χ1) is 17.4. The van der Waals surface area contributed by atoms with Gasteiger partial charge in [-0.05, 0) is 57.3 Å². The van der Waals surface area contributed by atoms with Crippen molar-refractivity contribution in [1.82, 2.24) is 21.3 Å². The highest BCUT2D eigenvalue weighted by atomic mass is 16.2. The first-order valence-corrected chi connectivity index (χ1v) is 13.3. The number of nitrogens with one attached hydrogen (secondary N) is 4. The second-order valence-electron chi connectivity index (χ2n) is 10.5. The molecule has 0 unspecified atom stereocenters. The van der Waals surface area contributed by atoms with Crippen molar-refractivity contribution < 1.29 is 9.59 Å². The summed E-state index contributed by atoms with van der Waals surface area (Å²) in [6, 6.07) is 16.4. The van der Waals surface area contributed by atoms with Gasteiger partial charge in [-0.3, -0.25) is 9.59 Å². The van der Waals surface area contributed by atoms with E-state index in [2.05, 4.69) is 97.5 Å². The maximum absolute atomic E-state index is 13.0. The highest BCUT2D eigenvalue weighted by molar-refractivity contribution is 6.05. The van der Waals surface area contributed by atoms with Crippen LogP contribution in [0.1, 0.15) is 51.7 Å². The van der Waals surface area contributed by atoms with Crippen LogP contribution in [-0.4, -0.2) is 37.0 Å². The van der Waals surface area contributed by atoms with Crippen LogP contribution in [0.15, 0.2) is 48.5 Å². The summed E-state index contributed by atoms with van der Waals surface area (Å²) in [5.41, 5.74) is 2.39. The average Bonchev–Trinajstić information content (AvgIpc) is 2.86. The van der Waals surface area contributed by atoms with Crippen molar-refractivity contribution in [3.05, 3.63) is 59.7 Å². The molecule has 3 aromatic carbocycles. The molecule has 0 radical (unpaired) electrons. The largest absolute Gasteiger partial charge is 0.355 e. The van der Waals surface area contributed by atoms with E-state index < -0.39 is 0 Å². The molecule has 192 valence electrons. The molecule has 1 aliphatic rings. The first kappa shape index (κ1) is 26.1. The smallest absolute Gasteiger partial charge is 0.237 e. The normalized spacial score (nSPS) is 20.9. The van der Waals surface area contributed by atoms with E-state index in [1.165, 1.54) is 32.7 Å². The summed E-state index contributed by atoms with van der Waals surface area (Å²) in [5, 5.41) is 18.1. The van der Waals surface area contributed by atoms with Crippen LogP contribution in [0.3, 0.4) is 0 Å². The predicted octanol–water partition coefficient (Wildman–Crippen LogP) is 4.25. The minimum Gasteiger partial charge on any atom is -0.355 e. The number of carbonyl (C=O) groups is 2. The maximum atomic E-state index is 13.0. The van der Waals surface area contributed by atoms with Crippen molar-refractivity contribution >= 4 is 33.4 Å². The maximum Gasteiger partial charge on any atom is 0.237 e. The topological polar surface area (TPSA) is 82.3 Å². The van der Waals surface area contributed by atoms with Crippen LogP contribution in [0.4, 0.5) is 0 Å². The molecule has 6 nitrogen and oxygen atoms in total. The fourth-order valence-electron chi connectivity index (χ4n) is 5.27. The monoisotopic (exact) mass is 488 g/mol. The van der Waals surface area contributed by atoms with Crippen LogP contribution in [0.5, 0.6) is 0 Å². The Morgan fingerprint density at radius 1 is 0.611 bits per heavy atom. The van der Waals surface area contributed by atoms with Gasteiger partial charge in [-0.2, -0.15) is 0 Å². The van der Waals surface area contributed by atoms with Crippen molar-refractivity contribution in [2.24, 2.45) is 11.8 Å². The van der Waals surface area contributed by atoms with E-state index in [1.807, 2.05) is 0 Å². The molecule has 6 heteroatoms. The van der Waals surface area contributed by atoms with Crippen molar-refractivity contribution in [3.63, 3.8) is 0 Å². The molecule has 2 bridgehead atoms. The predicted molar refractivity (Wildman–Crippen MR) is 148 cm³/mol. The summed E-state index contributed by atoms with van der Waals surface area (Å²) in [7, 11) is 0. The number of fused-ring (bicyclic) bond motifs is 3. The molecule has 0 fully saturated rings. The second kappa shape index (κ2) is 11.8. The minimum atomic E-state index is -0.283. The van der Waals surface area contributed by atoms with Gasteiger partial charge in [0.2, 0.25) is 11.8 Å². The van der Waals surface area contributed by atoms with Gasteiger partial charge in [0.1, 0.15) is 0 Å². The third-order valence-corrected chi connectivity index (χ3v) is 7.25. The van der Waals surface area contributed by atoms with Gasteiger partial charge in [-0.15, -0.1) is 0 Å². The minimum absolute atomic E-state index is 0.0319. The quantitative estimate of drug-likeness (QED) is 0.407. The molecule has 0 saturated heterocycles. The summed E-state index contributed by atoms with van der Waals surface area (Å²) < 4.78 is 0. The Bertz CT molecular complexity index is 1070. The van der Waals surface area contributed by atoms with Crippen LogP contribution in [0, 0.1) is 11.8 Å². The summed E-state index contributed by atoms with van der Waals surface area (Å²) >= 11 is 0. The third-order valence-electron chi connectivity index (χ3n) is 7.25. The second-order valence-corrected chi connectivity index (χ2v) is 10.5. The molecule has 0 spiro atoms. The molecule has 0 aromatic heterocycles. The molecule has 2 amide bonds. The van der Waals surface area contributed by atoms with Crippen LogP contribution in [0.2, 0.25) is 0 Å². The fraction of sp³-hybridized carbons (Fsp3) is 0.467. The summed E-state index contributed by atoms with van der Waals surface area (Å²) in [6.45, 7) is 10.7. The molecule has 1 heterocycles. The van der Waals surface area contributed by atoms with Gasteiger partial charge in [0.05, 0.1) is 12.1 Å². The lowest BCUT2D eigenvalue weighted by Gasteiger charge is -2.25. The van der Waals surface area contributed by atoms with E-state index in [1.54, 1.807) is 0 Å². The lowest BCUT2D eigenvalue weighted by Crippen LogP contribution is -2.48. The number of benzene rings is 3. The molecule has 0 saturated carbocycles. The van der Waals surface area contributed by atoms with Crippen molar-refractivity contribution in [2.75, 3.05) is 13.1 Å². The zero-order chi connectivity index (χ0) is 25.7. The van der Waals surface area contributed by atoms with Crippen LogP contribution in [0.25, 0.3) is 21.5 Å².